The van der Waals surface area contributed by atoms with Crippen LogP contribution in [0, 0.1) is 0 Å². The highest BCUT2D eigenvalue weighted by Crippen LogP contribution is 2.22. The zero-order valence-corrected chi connectivity index (χ0v) is 12.5. The highest BCUT2D eigenvalue weighted by atomic mass is 32.2. The van der Waals surface area contributed by atoms with E-state index in [1.165, 1.54) is 12.3 Å². The van der Waals surface area contributed by atoms with Gasteiger partial charge in [-0.1, -0.05) is 0 Å². The van der Waals surface area contributed by atoms with Crippen LogP contribution >= 0.6 is 0 Å². The average Bonchev–Trinajstić information content (AvgIpc) is 2.36. The summed E-state index contributed by atoms with van der Waals surface area (Å²) in [4.78, 5) is 11.8. The molecule has 6 nitrogen and oxygen atoms in total. The number of nitrogens with two attached hydrogens (primary N) is 1. The molecule has 1 rings (SSSR count). The number of amides is 1. The van der Waals surface area contributed by atoms with Crippen molar-refractivity contribution in [2.24, 2.45) is 0 Å². The summed E-state index contributed by atoms with van der Waals surface area (Å²) in [5.74, 6) is 0.313. The van der Waals surface area contributed by atoms with Crippen molar-refractivity contribution in [1.82, 2.24) is 5.32 Å². The fraction of sp³-hybridized carbons (Fsp3) is 0.462. The number of nitrogens with one attached hydrogen (secondary N) is 1. The van der Waals surface area contributed by atoms with Gasteiger partial charge in [-0.15, -0.1) is 0 Å². The Bertz CT molecular complexity index is 570. The van der Waals surface area contributed by atoms with Crippen molar-refractivity contribution in [3.63, 3.8) is 0 Å². The number of rotatable bonds is 7. The molecule has 0 spiro atoms. The molecular formula is C13H20N2O4S. The van der Waals surface area contributed by atoms with Gasteiger partial charge in [0.25, 0.3) is 5.91 Å². The molecule has 20 heavy (non-hydrogen) atoms. The first-order chi connectivity index (χ1) is 9.33. The lowest BCUT2D eigenvalue weighted by Gasteiger charge is -2.09. The van der Waals surface area contributed by atoms with Crippen LogP contribution in [-0.2, 0) is 9.84 Å². The lowest BCUT2D eigenvalue weighted by molar-refractivity contribution is 0.0953. The van der Waals surface area contributed by atoms with Crippen LogP contribution in [0.15, 0.2) is 18.2 Å². The Hall–Kier alpha value is -1.76. The Labute approximate surface area is 119 Å². The number of hydrogen-bond acceptors (Lipinski definition) is 5. The molecule has 0 bridgehead atoms. The minimum Gasteiger partial charge on any atom is -0.492 e. The molecule has 7 heteroatoms. The molecule has 1 amide bonds. The quantitative estimate of drug-likeness (QED) is 0.574. The van der Waals surface area contributed by atoms with Gasteiger partial charge in [-0.2, -0.15) is 0 Å². The van der Waals surface area contributed by atoms with E-state index in [9.17, 15) is 13.2 Å². The molecule has 0 saturated heterocycles. The number of anilines is 1. The normalized spacial score (nSPS) is 11.1. The molecule has 0 atom stereocenters. The number of hydrogen-bond donors (Lipinski definition) is 2. The number of ether oxygens (including phenoxy) is 1. The van der Waals surface area contributed by atoms with Crippen molar-refractivity contribution in [2.45, 2.75) is 13.3 Å². The summed E-state index contributed by atoms with van der Waals surface area (Å²) >= 11 is 0. The van der Waals surface area contributed by atoms with Gasteiger partial charge in [0.15, 0.2) is 0 Å². The maximum absolute atomic E-state index is 11.8. The molecule has 0 aliphatic rings. The minimum absolute atomic E-state index is 0.0543. The standard InChI is InChI=1S/C13H20N2O4S/c1-3-19-12-6-5-10(9-11(12)14)13(16)15-7-4-8-20(2,17)18/h5-6,9H,3-4,7-8,14H2,1-2H3,(H,15,16). The van der Waals surface area contributed by atoms with E-state index >= 15 is 0 Å². The Morgan fingerprint density at radius 1 is 1.40 bits per heavy atom. The molecule has 0 fully saturated rings. The Kier molecular flexibility index (Phi) is 5.82. The van der Waals surface area contributed by atoms with E-state index in [0.29, 0.717) is 36.6 Å². The van der Waals surface area contributed by atoms with Gasteiger partial charge in [0.1, 0.15) is 15.6 Å². The van der Waals surface area contributed by atoms with Crippen molar-refractivity contribution >= 4 is 21.4 Å². The van der Waals surface area contributed by atoms with Gasteiger partial charge in [-0.3, -0.25) is 4.79 Å². The molecular weight excluding hydrogens is 280 g/mol. The smallest absolute Gasteiger partial charge is 0.251 e. The van der Waals surface area contributed by atoms with Crippen molar-refractivity contribution in [3.8, 4) is 5.75 Å². The number of benzene rings is 1. The predicted octanol–water partition coefficient (Wildman–Crippen LogP) is 0.832. The second-order valence-corrected chi connectivity index (χ2v) is 6.68. The van der Waals surface area contributed by atoms with Crippen LogP contribution in [0.3, 0.4) is 0 Å². The van der Waals surface area contributed by atoms with Crippen molar-refractivity contribution in [1.29, 1.82) is 0 Å². The van der Waals surface area contributed by atoms with Gasteiger partial charge in [-0.25, -0.2) is 8.42 Å². The molecule has 1 aromatic rings. The molecule has 0 aliphatic heterocycles. The van der Waals surface area contributed by atoms with Crippen molar-refractivity contribution < 1.29 is 17.9 Å². The van der Waals surface area contributed by atoms with Gasteiger partial charge in [0.2, 0.25) is 0 Å². The number of carbonyl (C=O) groups excluding carboxylic acids is 1. The molecule has 0 radical (unpaired) electrons. The maximum atomic E-state index is 11.8. The second kappa shape index (κ2) is 7.14. The van der Waals surface area contributed by atoms with E-state index in [2.05, 4.69) is 5.32 Å². The SMILES string of the molecule is CCOc1ccc(C(=O)NCCCS(C)(=O)=O)cc1N. The highest BCUT2D eigenvalue weighted by Gasteiger charge is 2.09. The van der Waals surface area contributed by atoms with Crippen LogP contribution in [0.4, 0.5) is 5.69 Å². The van der Waals surface area contributed by atoms with E-state index < -0.39 is 9.84 Å². The third kappa shape index (κ3) is 5.48. The highest BCUT2D eigenvalue weighted by molar-refractivity contribution is 7.90. The van der Waals surface area contributed by atoms with Gasteiger partial charge >= 0.3 is 0 Å². The molecule has 0 aromatic heterocycles. The summed E-state index contributed by atoms with van der Waals surface area (Å²) in [5, 5.41) is 2.65. The second-order valence-electron chi connectivity index (χ2n) is 4.42. The van der Waals surface area contributed by atoms with Crippen molar-refractivity contribution in [2.75, 3.05) is 30.9 Å². The molecule has 1 aromatic carbocycles. The zero-order chi connectivity index (χ0) is 15.2. The number of sulfone groups is 1. The summed E-state index contributed by atoms with van der Waals surface area (Å²) in [5.41, 5.74) is 6.59. The average molecular weight is 300 g/mol. The van der Waals surface area contributed by atoms with Gasteiger partial charge in [0, 0.05) is 18.4 Å². The van der Waals surface area contributed by atoms with Gasteiger partial charge in [-0.05, 0) is 31.5 Å². The third-order valence-electron chi connectivity index (χ3n) is 2.55. The van der Waals surface area contributed by atoms with Crippen LogP contribution in [0.2, 0.25) is 0 Å². The molecule has 0 heterocycles. The topological polar surface area (TPSA) is 98.5 Å². The Balaban J connectivity index is 2.53. The van der Waals surface area contributed by atoms with E-state index in [1.807, 2.05) is 6.92 Å². The molecule has 112 valence electrons. The van der Waals surface area contributed by atoms with Crippen molar-refractivity contribution in [3.05, 3.63) is 23.8 Å². The van der Waals surface area contributed by atoms with Crippen LogP contribution in [0.25, 0.3) is 0 Å². The molecule has 0 aliphatic carbocycles. The zero-order valence-electron chi connectivity index (χ0n) is 11.7. The van der Waals surface area contributed by atoms with Crippen LogP contribution in [-0.4, -0.2) is 39.5 Å². The predicted molar refractivity (Wildman–Crippen MR) is 78.7 cm³/mol. The largest absolute Gasteiger partial charge is 0.492 e. The van der Waals surface area contributed by atoms with Gasteiger partial charge < -0.3 is 15.8 Å². The first-order valence-corrected chi connectivity index (χ1v) is 8.38. The fourth-order valence-corrected chi connectivity index (χ4v) is 2.28. The first-order valence-electron chi connectivity index (χ1n) is 6.31. The van der Waals surface area contributed by atoms with E-state index in [0.717, 1.165) is 0 Å². The minimum atomic E-state index is -2.99. The number of nitrogen functional groups attached to an aromatic ring is 1. The summed E-state index contributed by atoms with van der Waals surface area (Å²) in [6.07, 6.45) is 1.55. The third-order valence-corrected chi connectivity index (χ3v) is 3.58. The molecule has 3 N–H and O–H groups in total. The maximum Gasteiger partial charge on any atom is 0.251 e. The first kappa shape index (κ1) is 16.3. The van der Waals surface area contributed by atoms with E-state index in [1.54, 1.807) is 12.1 Å². The summed E-state index contributed by atoms with van der Waals surface area (Å²) in [6.45, 7) is 2.65. The monoisotopic (exact) mass is 300 g/mol. The van der Waals surface area contributed by atoms with E-state index in [4.69, 9.17) is 10.5 Å². The summed E-state index contributed by atoms with van der Waals surface area (Å²) in [7, 11) is -2.99. The number of carbonyl (C=O) groups is 1. The van der Waals surface area contributed by atoms with E-state index in [-0.39, 0.29) is 11.7 Å². The Morgan fingerprint density at radius 2 is 2.10 bits per heavy atom. The van der Waals surface area contributed by atoms with Gasteiger partial charge in [0.05, 0.1) is 18.0 Å². The van der Waals surface area contributed by atoms with Crippen LogP contribution in [0.5, 0.6) is 5.75 Å². The summed E-state index contributed by atoms with van der Waals surface area (Å²) < 4.78 is 27.2. The Morgan fingerprint density at radius 3 is 2.65 bits per heavy atom. The molecule has 0 saturated carbocycles. The summed E-state index contributed by atoms with van der Waals surface area (Å²) in [6, 6.07) is 4.80. The van der Waals surface area contributed by atoms with Crippen LogP contribution < -0.4 is 15.8 Å². The lowest BCUT2D eigenvalue weighted by Crippen LogP contribution is -2.26. The molecule has 0 unspecified atom stereocenters. The van der Waals surface area contributed by atoms with Crippen LogP contribution in [0.1, 0.15) is 23.7 Å². The lowest BCUT2D eigenvalue weighted by atomic mass is 10.1. The fourth-order valence-electron chi connectivity index (χ4n) is 1.61.